The maximum Gasteiger partial charge on any atom is 0.408 e. The molecule has 0 saturated carbocycles. The highest BCUT2D eigenvalue weighted by molar-refractivity contribution is 5.80. The number of benzene rings is 1. The first kappa shape index (κ1) is 21.8. The number of hydrogen-bond donors (Lipinski definition) is 1. The van der Waals surface area contributed by atoms with Crippen LogP contribution in [0.15, 0.2) is 30.3 Å². The molecule has 1 aromatic rings. The van der Waals surface area contributed by atoms with Gasteiger partial charge in [-0.05, 0) is 33.3 Å². The number of alkyl carbamates (subject to hydrolysis) is 1. The molecule has 1 N–H and O–H groups in total. The number of esters is 1. The van der Waals surface area contributed by atoms with Crippen molar-refractivity contribution in [2.75, 3.05) is 13.2 Å². The minimum Gasteiger partial charge on any atom is -0.461 e. The van der Waals surface area contributed by atoms with Crippen LogP contribution < -0.4 is 5.32 Å². The number of alkyl halides is 2. The molecule has 1 rings (SSSR count). The Bertz CT molecular complexity index is 587. The molecule has 0 heterocycles. The SMILES string of the molecule is CCOC(=O)C(F)(F)C(COCc1ccccc1)NC(=O)OC(C)(C)C. The molecule has 0 aliphatic heterocycles. The van der Waals surface area contributed by atoms with E-state index in [0.29, 0.717) is 0 Å². The van der Waals surface area contributed by atoms with E-state index < -0.39 is 36.2 Å². The van der Waals surface area contributed by atoms with Crippen molar-refractivity contribution in [3.63, 3.8) is 0 Å². The molecule has 26 heavy (non-hydrogen) atoms. The number of nitrogens with one attached hydrogen (secondary N) is 1. The van der Waals surface area contributed by atoms with E-state index in [2.05, 4.69) is 4.74 Å². The lowest BCUT2D eigenvalue weighted by Crippen LogP contribution is -2.55. The minimum atomic E-state index is -3.97. The Morgan fingerprint density at radius 3 is 2.31 bits per heavy atom. The van der Waals surface area contributed by atoms with Crippen molar-refractivity contribution in [2.24, 2.45) is 0 Å². The van der Waals surface area contributed by atoms with Crippen molar-refractivity contribution in [1.29, 1.82) is 0 Å². The molecule has 1 aromatic carbocycles. The van der Waals surface area contributed by atoms with Gasteiger partial charge in [-0.15, -0.1) is 0 Å². The molecule has 0 fully saturated rings. The molecule has 1 unspecified atom stereocenters. The van der Waals surface area contributed by atoms with Crippen LogP contribution in [0.1, 0.15) is 33.3 Å². The lowest BCUT2D eigenvalue weighted by molar-refractivity contribution is -0.178. The first-order chi connectivity index (χ1) is 12.1. The monoisotopic (exact) mass is 373 g/mol. The first-order valence-corrected chi connectivity index (χ1v) is 8.22. The summed E-state index contributed by atoms with van der Waals surface area (Å²) in [6.45, 7) is 5.44. The van der Waals surface area contributed by atoms with Gasteiger partial charge in [-0.2, -0.15) is 8.78 Å². The van der Waals surface area contributed by atoms with Crippen molar-refractivity contribution in [3.05, 3.63) is 35.9 Å². The van der Waals surface area contributed by atoms with Gasteiger partial charge < -0.3 is 19.5 Å². The lowest BCUT2D eigenvalue weighted by Gasteiger charge is -2.27. The fourth-order valence-corrected chi connectivity index (χ4v) is 1.93. The Hall–Kier alpha value is -2.22. The number of carbonyl (C=O) groups is 2. The van der Waals surface area contributed by atoms with E-state index in [4.69, 9.17) is 9.47 Å². The zero-order valence-corrected chi connectivity index (χ0v) is 15.4. The van der Waals surface area contributed by atoms with Crippen molar-refractivity contribution in [3.8, 4) is 0 Å². The van der Waals surface area contributed by atoms with Crippen molar-refractivity contribution in [2.45, 2.75) is 51.9 Å². The van der Waals surface area contributed by atoms with Gasteiger partial charge in [0.15, 0.2) is 0 Å². The van der Waals surface area contributed by atoms with Gasteiger partial charge in [0.2, 0.25) is 0 Å². The van der Waals surface area contributed by atoms with E-state index in [-0.39, 0.29) is 13.2 Å². The number of rotatable bonds is 8. The molecular formula is C18H25F2NO5. The summed E-state index contributed by atoms with van der Waals surface area (Å²) in [4.78, 5) is 23.4. The second-order valence-corrected chi connectivity index (χ2v) is 6.54. The van der Waals surface area contributed by atoms with Crippen LogP contribution in [0.25, 0.3) is 0 Å². The van der Waals surface area contributed by atoms with E-state index >= 15 is 0 Å². The summed E-state index contributed by atoms with van der Waals surface area (Å²) < 4.78 is 43.4. The second kappa shape index (κ2) is 9.47. The molecule has 146 valence electrons. The fourth-order valence-electron chi connectivity index (χ4n) is 1.93. The predicted octanol–water partition coefficient (Wildman–Crippen LogP) is 3.29. The average Bonchev–Trinajstić information content (AvgIpc) is 2.53. The van der Waals surface area contributed by atoms with Gasteiger partial charge in [0.05, 0.1) is 19.8 Å². The van der Waals surface area contributed by atoms with Crippen LogP contribution in [-0.4, -0.2) is 42.8 Å². The second-order valence-electron chi connectivity index (χ2n) is 6.54. The largest absolute Gasteiger partial charge is 0.461 e. The summed E-state index contributed by atoms with van der Waals surface area (Å²) in [5, 5.41) is 2.00. The standard InChI is InChI=1S/C18H25F2NO5/c1-5-25-15(22)18(19,20)14(21-16(23)26-17(2,3)4)12-24-11-13-9-7-6-8-10-13/h6-10,14H,5,11-12H2,1-4H3,(H,21,23). The zero-order valence-electron chi connectivity index (χ0n) is 15.4. The lowest BCUT2D eigenvalue weighted by atomic mass is 10.1. The van der Waals surface area contributed by atoms with E-state index in [1.165, 1.54) is 6.92 Å². The number of hydrogen-bond acceptors (Lipinski definition) is 5. The molecule has 0 aliphatic rings. The number of carbonyl (C=O) groups excluding carboxylic acids is 2. The molecular weight excluding hydrogens is 348 g/mol. The van der Waals surface area contributed by atoms with Crippen molar-refractivity contribution < 1.29 is 32.6 Å². The van der Waals surface area contributed by atoms with Crippen LogP contribution in [0.3, 0.4) is 0 Å². The molecule has 0 aliphatic carbocycles. The molecule has 0 aromatic heterocycles. The number of halogens is 2. The molecule has 0 radical (unpaired) electrons. The molecule has 1 amide bonds. The van der Waals surface area contributed by atoms with Gasteiger partial charge in [-0.1, -0.05) is 30.3 Å². The van der Waals surface area contributed by atoms with Crippen LogP contribution in [0.5, 0.6) is 0 Å². The van der Waals surface area contributed by atoms with Crippen molar-refractivity contribution in [1.82, 2.24) is 5.32 Å². The van der Waals surface area contributed by atoms with Gasteiger partial charge in [-0.3, -0.25) is 0 Å². The number of ether oxygens (including phenoxy) is 3. The van der Waals surface area contributed by atoms with Crippen LogP contribution in [0, 0.1) is 0 Å². The zero-order chi connectivity index (χ0) is 19.8. The third-order valence-electron chi connectivity index (χ3n) is 3.07. The predicted molar refractivity (Wildman–Crippen MR) is 90.8 cm³/mol. The van der Waals surface area contributed by atoms with Crippen molar-refractivity contribution >= 4 is 12.1 Å². The van der Waals surface area contributed by atoms with Gasteiger partial charge in [0, 0.05) is 0 Å². The maximum absolute atomic E-state index is 14.4. The highest BCUT2D eigenvalue weighted by Gasteiger charge is 2.50. The summed E-state index contributed by atoms with van der Waals surface area (Å²) in [5.74, 6) is -5.70. The molecule has 0 saturated heterocycles. The first-order valence-electron chi connectivity index (χ1n) is 8.22. The van der Waals surface area contributed by atoms with E-state index in [0.717, 1.165) is 5.56 Å². The highest BCUT2D eigenvalue weighted by atomic mass is 19.3. The fraction of sp³-hybridized carbons (Fsp3) is 0.556. The van der Waals surface area contributed by atoms with Gasteiger partial charge in [-0.25, -0.2) is 9.59 Å². The third kappa shape index (κ3) is 7.35. The molecule has 6 nitrogen and oxygen atoms in total. The Kier molecular flexibility index (Phi) is 7.95. The van der Waals surface area contributed by atoms with Crippen LogP contribution in [0.4, 0.5) is 13.6 Å². The molecule has 1 atom stereocenters. The molecule has 0 bridgehead atoms. The van der Waals surface area contributed by atoms with Gasteiger partial charge in [0.25, 0.3) is 0 Å². The van der Waals surface area contributed by atoms with E-state index in [1.54, 1.807) is 45.0 Å². The average molecular weight is 373 g/mol. The Labute approximate surface area is 151 Å². The summed E-state index contributed by atoms with van der Waals surface area (Å²) >= 11 is 0. The summed E-state index contributed by atoms with van der Waals surface area (Å²) in [6, 6.07) is 6.97. The summed E-state index contributed by atoms with van der Waals surface area (Å²) in [7, 11) is 0. The van der Waals surface area contributed by atoms with Crippen LogP contribution in [-0.2, 0) is 25.6 Å². The quantitative estimate of drug-likeness (QED) is 0.708. The van der Waals surface area contributed by atoms with Crippen LogP contribution in [0.2, 0.25) is 0 Å². The van der Waals surface area contributed by atoms with Gasteiger partial charge in [0.1, 0.15) is 11.6 Å². The third-order valence-corrected chi connectivity index (χ3v) is 3.07. The Morgan fingerprint density at radius 2 is 1.77 bits per heavy atom. The normalized spacial score (nSPS) is 13.0. The van der Waals surface area contributed by atoms with Gasteiger partial charge >= 0.3 is 18.0 Å². The maximum atomic E-state index is 14.4. The Balaban J connectivity index is 2.79. The smallest absolute Gasteiger partial charge is 0.408 e. The molecule has 0 spiro atoms. The summed E-state index contributed by atoms with van der Waals surface area (Å²) in [6.07, 6.45) is -1.07. The Morgan fingerprint density at radius 1 is 1.15 bits per heavy atom. The topological polar surface area (TPSA) is 73.9 Å². The highest BCUT2D eigenvalue weighted by Crippen LogP contribution is 2.22. The summed E-state index contributed by atoms with van der Waals surface area (Å²) in [5.41, 5.74) is -0.110. The molecule has 8 heteroatoms. The van der Waals surface area contributed by atoms with E-state index in [1.807, 2.05) is 11.4 Å². The van der Waals surface area contributed by atoms with Crippen LogP contribution >= 0.6 is 0 Å². The van der Waals surface area contributed by atoms with E-state index in [9.17, 15) is 18.4 Å². The number of amides is 1. The minimum absolute atomic E-state index is 0.0479.